The summed E-state index contributed by atoms with van der Waals surface area (Å²) in [5.74, 6) is 0.903. The third-order valence-electron chi connectivity index (χ3n) is 4.24. The number of hydrogen-bond acceptors (Lipinski definition) is 3. The molecule has 1 saturated carbocycles. The van der Waals surface area contributed by atoms with E-state index >= 15 is 0 Å². The molecule has 2 N–H and O–H groups in total. The summed E-state index contributed by atoms with van der Waals surface area (Å²) < 4.78 is 6.07. The first kappa shape index (κ1) is 16.8. The van der Waals surface area contributed by atoms with E-state index in [1.54, 1.807) is 11.3 Å². The molecule has 0 radical (unpaired) electrons. The number of carbonyl (C=O) groups is 1. The van der Waals surface area contributed by atoms with Crippen molar-refractivity contribution in [1.29, 1.82) is 0 Å². The molecule has 1 aliphatic carbocycles. The third kappa shape index (κ3) is 5.27. The summed E-state index contributed by atoms with van der Waals surface area (Å²) in [6.07, 6.45) is 6.48. The zero-order chi connectivity index (χ0) is 16.6. The smallest absolute Gasteiger partial charge is 0.315 e. The van der Waals surface area contributed by atoms with E-state index in [1.165, 1.54) is 19.3 Å². The summed E-state index contributed by atoms with van der Waals surface area (Å²) in [4.78, 5) is 11.9. The Morgan fingerprint density at radius 2 is 1.88 bits per heavy atom. The number of rotatable bonds is 6. The van der Waals surface area contributed by atoms with Crippen molar-refractivity contribution in [2.75, 3.05) is 0 Å². The van der Waals surface area contributed by atoms with Gasteiger partial charge in [-0.25, -0.2) is 4.79 Å². The number of nitrogens with one attached hydrogen (secondary N) is 2. The Bertz CT molecular complexity index is 637. The number of carbonyl (C=O) groups excluding carboxylic acids is 1. The first-order chi connectivity index (χ1) is 11.8. The molecule has 1 aromatic carbocycles. The normalized spacial score (nSPS) is 15.0. The van der Waals surface area contributed by atoms with Crippen molar-refractivity contribution in [2.24, 2.45) is 0 Å². The number of urea groups is 1. The topological polar surface area (TPSA) is 50.4 Å². The lowest BCUT2D eigenvalue weighted by atomic mass is 9.98. The summed E-state index contributed by atoms with van der Waals surface area (Å²) in [6, 6.07) is 9.87. The van der Waals surface area contributed by atoms with Gasteiger partial charge in [0, 0.05) is 13.1 Å². The quantitative estimate of drug-likeness (QED) is 0.813. The Balaban J connectivity index is 1.44. The van der Waals surface area contributed by atoms with Crippen molar-refractivity contribution in [3.05, 3.63) is 52.2 Å². The van der Waals surface area contributed by atoms with Crippen molar-refractivity contribution < 1.29 is 9.53 Å². The molecular weight excluding hydrogens is 320 g/mol. The average molecular weight is 344 g/mol. The SMILES string of the molecule is O=C(NCc1ccsc1)NCc1cccc(OC2CCCCC2)c1. The highest BCUT2D eigenvalue weighted by Crippen LogP contribution is 2.23. The zero-order valence-electron chi connectivity index (χ0n) is 13.8. The van der Waals surface area contributed by atoms with Crippen LogP contribution in [0.3, 0.4) is 0 Å². The summed E-state index contributed by atoms with van der Waals surface area (Å²) in [5.41, 5.74) is 2.17. The molecule has 1 aromatic heterocycles. The highest BCUT2D eigenvalue weighted by molar-refractivity contribution is 7.07. The Kier molecular flexibility index (Phi) is 6.13. The summed E-state index contributed by atoms with van der Waals surface area (Å²) in [5, 5.41) is 9.79. The maximum atomic E-state index is 11.9. The number of hydrogen-bond donors (Lipinski definition) is 2. The highest BCUT2D eigenvalue weighted by Gasteiger charge is 2.14. The Morgan fingerprint density at radius 3 is 2.62 bits per heavy atom. The van der Waals surface area contributed by atoms with Crippen LogP contribution in [-0.4, -0.2) is 12.1 Å². The van der Waals surface area contributed by atoms with E-state index in [9.17, 15) is 4.79 Å². The molecule has 1 fully saturated rings. The van der Waals surface area contributed by atoms with Gasteiger partial charge in [0.15, 0.2) is 0 Å². The molecule has 3 rings (SSSR count). The van der Waals surface area contributed by atoms with Gasteiger partial charge in [-0.3, -0.25) is 0 Å². The van der Waals surface area contributed by atoms with Crippen LogP contribution >= 0.6 is 11.3 Å². The van der Waals surface area contributed by atoms with Gasteiger partial charge in [0.2, 0.25) is 0 Å². The molecule has 0 saturated heterocycles. The standard InChI is InChI=1S/C19H24N2O2S/c22-19(21-13-16-9-10-24-14-16)20-12-15-5-4-8-18(11-15)23-17-6-2-1-3-7-17/h4-5,8-11,14,17H,1-3,6-7,12-13H2,(H2,20,21,22). The highest BCUT2D eigenvalue weighted by atomic mass is 32.1. The van der Waals surface area contributed by atoms with Crippen LogP contribution < -0.4 is 15.4 Å². The minimum atomic E-state index is -0.153. The molecule has 0 unspecified atom stereocenters. The molecule has 128 valence electrons. The number of thiophene rings is 1. The predicted octanol–water partition coefficient (Wildman–Crippen LogP) is 4.46. The zero-order valence-corrected chi connectivity index (χ0v) is 14.6. The van der Waals surface area contributed by atoms with E-state index in [4.69, 9.17) is 4.74 Å². The van der Waals surface area contributed by atoms with E-state index in [2.05, 4.69) is 10.6 Å². The first-order valence-electron chi connectivity index (χ1n) is 8.58. The number of ether oxygens (including phenoxy) is 1. The van der Waals surface area contributed by atoms with E-state index in [-0.39, 0.29) is 6.03 Å². The van der Waals surface area contributed by atoms with Crippen LogP contribution in [0, 0.1) is 0 Å². The molecule has 24 heavy (non-hydrogen) atoms. The van der Waals surface area contributed by atoms with Crippen molar-refractivity contribution in [3.8, 4) is 5.75 Å². The van der Waals surface area contributed by atoms with Crippen molar-refractivity contribution in [2.45, 2.75) is 51.3 Å². The van der Waals surface area contributed by atoms with Gasteiger partial charge in [0.05, 0.1) is 6.10 Å². The fourth-order valence-corrected chi connectivity index (χ4v) is 3.59. The lowest BCUT2D eigenvalue weighted by Gasteiger charge is -2.23. The van der Waals surface area contributed by atoms with Gasteiger partial charge in [-0.15, -0.1) is 0 Å². The number of amides is 2. The predicted molar refractivity (Wildman–Crippen MR) is 97.3 cm³/mol. The van der Waals surface area contributed by atoms with Gasteiger partial charge in [0.1, 0.15) is 5.75 Å². The summed E-state index contributed by atoms with van der Waals surface area (Å²) in [6.45, 7) is 1.05. The second-order valence-electron chi connectivity index (χ2n) is 6.19. The van der Waals surface area contributed by atoms with Gasteiger partial charge in [-0.2, -0.15) is 11.3 Å². The lowest BCUT2D eigenvalue weighted by Crippen LogP contribution is -2.34. The van der Waals surface area contributed by atoms with Crippen LogP contribution in [0.5, 0.6) is 5.75 Å². The molecule has 1 aliphatic rings. The van der Waals surface area contributed by atoms with Crippen molar-refractivity contribution in [1.82, 2.24) is 10.6 Å². The van der Waals surface area contributed by atoms with Gasteiger partial charge < -0.3 is 15.4 Å². The summed E-state index contributed by atoms with van der Waals surface area (Å²) >= 11 is 1.63. The average Bonchev–Trinajstić information content (AvgIpc) is 3.13. The molecule has 0 aliphatic heterocycles. The van der Waals surface area contributed by atoms with Crippen LogP contribution in [0.25, 0.3) is 0 Å². The molecule has 0 atom stereocenters. The fourth-order valence-electron chi connectivity index (χ4n) is 2.92. The first-order valence-corrected chi connectivity index (χ1v) is 9.52. The molecule has 4 nitrogen and oxygen atoms in total. The summed E-state index contributed by atoms with van der Waals surface area (Å²) in [7, 11) is 0. The van der Waals surface area contributed by atoms with E-state index in [0.29, 0.717) is 19.2 Å². The molecule has 1 heterocycles. The van der Waals surface area contributed by atoms with Gasteiger partial charge in [-0.05, 0) is 65.8 Å². The van der Waals surface area contributed by atoms with Gasteiger partial charge in [0.25, 0.3) is 0 Å². The van der Waals surface area contributed by atoms with E-state index in [1.807, 2.05) is 41.1 Å². The second kappa shape index (κ2) is 8.73. The number of benzene rings is 1. The molecule has 5 heteroatoms. The minimum absolute atomic E-state index is 0.153. The molecule has 2 aromatic rings. The molecule has 2 amide bonds. The Hall–Kier alpha value is -2.01. The Morgan fingerprint density at radius 1 is 1.08 bits per heavy atom. The molecular formula is C19H24N2O2S. The van der Waals surface area contributed by atoms with Crippen LogP contribution in [0.15, 0.2) is 41.1 Å². The van der Waals surface area contributed by atoms with Crippen molar-refractivity contribution >= 4 is 17.4 Å². The minimum Gasteiger partial charge on any atom is -0.490 e. The maximum absolute atomic E-state index is 11.9. The van der Waals surface area contributed by atoms with Crippen LogP contribution in [0.4, 0.5) is 4.79 Å². The van der Waals surface area contributed by atoms with Gasteiger partial charge >= 0.3 is 6.03 Å². The monoisotopic (exact) mass is 344 g/mol. The van der Waals surface area contributed by atoms with Gasteiger partial charge in [-0.1, -0.05) is 18.6 Å². The van der Waals surface area contributed by atoms with Crippen LogP contribution in [0.1, 0.15) is 43.2 Å². The molecule has 0 spiro atoms. The largest absolute Gasteiger partial charge is 0.490 e. The lowest BCUT2D eigenvalue weighted by molar-refractivity contribution is 0.155. The van der Waals surface area contributed by atoms with E-state index < -0.39 is 0 Å². The maximum Gasteiger partial charge on any atom is 0.315 e. The van der Waals surface area contributed by atoms with E-state index in [0.717, 1.165) is 29.7 Å². The third-order valence-corrected chi connectivity index (χ3v) is 4.97. The van der Waals surface area contributed by atoms with Crippen LogP contribution in [0.2, 0.25) is 0 Å². The van der Waals surface area contributed by atoms with Crippen LogP contribution in [-0.2, 0) is 13.1 Å². The molecule has 0 bridgehead atoms. The van der Waals surface area contributed by atoms with Crippen molar-refractivity contribution in [3.63, 3.8) is 0 Å². The Labute approximate surface area is 147 Å². The fraction of sp³-hybridized carbons (Fsp3) is 0.421. The second-order valence-corrected chi connectivity index (χ2v) is 6.97.